The van der Waals surface area contributed by atoms with Gasteiger partial charge in [-0.2, -0.15) is 4.98 Å². The maximum atomic E-state index is 14.1. The molecule has 1 aliphatic rings. The standard InChI is InChI=1S/C24H23FN6O/c1-16-9-10-17-5-4-8-20(22(17)29-16)32-24-21(26)23(27-15-28-24)31-13-11-30(12-14-31)19-7-3-2-6-18(19)25/h2-10,15H,11-14,26H2,1H3. The summed E-state index contributed by atoms with van der Waals surface area (Å²) in [5, 5.41) is 0.977. The molecule has 1 aliphatic heterocycles. The quantitative estimate of drug-likeness (QED) is 0.520. The molecule has 5 rings (SSSR count). The van der Waals surface area contributed by atoms with E-state index in [1.807, 2.05) is 48.2 Å². The topological polar surface area (TPSA) is 80.4 Å². The molecule has 32 heavy (non-hydrogen) atoms. The number of hydrogen-bond acceptors (Lipinski definition) is 7. The van der Waals surface area contributed by atoms with Crippen molar-refractivity contribution >= 4 is 28.1 Å². The largest absolute Gasteiger partial charge is 0.435 e. The van der Waals surface area contributed by atoms with Crippen molar-refractivity contribution in [3.05, 3.63) is 72.4 Å². The number of piperazine rings is 1. The van der Waals surface area contributed by atoms with Crippen LogP contribution in [0.3, 0.4) is 0 Å². The van der Waals surface area contributed by atoms with Crippen LogP contribution >= 0.6 is 0 Å². The van der Waals surface area contributed by atoms with Crippen molar-refractivity contribution in [3.8, 4) is 11.6 Å². The Hall–Kier alpha value is -3.94. The van der Waals surface area contributed by atoms with Crippen LogP contribution in [-0.2, 0) is 0 Å². The van der Waals surface area contributed by atoms with Gasteiger partial charge in [-0.3, -0.25) is 0 Å². The lowest BCUT2D eigenvalue weighted by atomic mass is 10.2. The summed E-state index contributed by atoms with van der Waals surface area (Å²) in [6.07, 6.45) is 1.45. The molecule has 7 nitrogen and oxygen atoms in total. The van der Waals surface area contributed by atoms with Gasteiger partial charge in [0, 0.05) is 37.3 Å². The van der Waals surface area contributed by atoms with E-state index >= 15 is 0 Å². The van der Waals surface area contributed by atoms with E-state index in [1.54, 1.807) is 12.1 Å². The average Bonchev–Trinajstić information content (AvgIpc) is 2.81. The van der Waals surface area contributed by atoms with Crippen LogP contribution in [-0.4, -0.2) is 41.1 Å². The van der Waals surface area contributed by atoms with Crippen molar-refractivity contribution in [2.24, 2.45) is 0 Å². The second kappa shape index (κ2) is 8.30. The molecule has 0 aliphatic carbocycles. The zero-order chi connectivity index (χ0) is 22.1. The lowest BCUT2D eigenvalue weighted by Crippen LogP contribution is -2.47. The van der Waals surface area contributed by atoms with Crippen LogP contribution < -0.4 is 20.3 Å². The fraction of sp³-hybridized carbons (Fsp3) is 0.208. The lowest BCUT2D eigenvalue weighted by molar-refractivity contribution is 0.468. The number of nitrogens with zero attached hydrogens (tertiary/aromatic N) is 5. The van der Waals surface area contributed by atoms with E-state index in [4.69, 9.17) is 10.5 Å². The number of aromatic nitrogens is 3. The number of anilines is 3. The summed E-state index contributed by atoms with van der Waals surface area (Å²) in [5.41, 5.74) is 9.06. The van der Waals surface area contributed by atoms with E-state index in [-0.39, 0.29) is 5.82 Å². The number of rotatable bonds is 4. The molecule has 0 spiro atoms. The second-order valence-corrected chi connectivity index (χ2v) is 7.72. The molecule has 8 heteroatoms. The zero-order valence-electron chi connectivity index (χ0n) is 17.7. The Morgan fingerprint density at radius 1 is 0.906 bits per heavy atom. The number of pyridine rings is 1. The summed E-state index contributed by atoms with van der Waals surface area (Å²) in [5.74, 6) is 1.29. The molecule has 2 N–H and O–H groups in total. The van der Waals surface area contributed by atoms with Crippen LogP contribution in [0.4, 0.5) is 21.6 Å². The second-order valence-electron chi connectivity index (χ2n) is 7.72. The maximum Gasteiger partial charge on any atom is 0.248 e. The summed E-state index contributed by atoms with van der Waals surface area (Å²) in [4.78, 5) is 17.4. The average molecular weight is 430 g/mol. The predicted octanol–water partition coefficient (Wildman–Crippen LogP) is 4.17. The molecular formula is C24H23FN6O. The monoisotopic (exact) mass is 430 g/mol. The third-order valence-electron chi connectivity index (χ3n) is 5.63. The number of aryl methyl sites for hydroxylation is 1. The minimum absolute atomic E-state index is 0.211. The van der Waals surface area contributed by atoms with Crippen LogP contribution in [0.1, 0.15) is 5.69 Å². The first-order chi connectivity index (χ1) is 15.6. The first-order valence-electron chi connectivity index (χ1n) is 10.5. The van der Waals surface area contributed by atoms with Crippen LogP contribution in [0.2, 0.25) is 0 Å². The van der Waals surface area contributed by atoms with Crippen LogP contribution in [0.5, 0.6) is 11.6 Å². The highest BCUT2D eigenvalue weighted by molar-refractivity contribution is 5.85. The minimum atomic E-state index is -0.211. The van der Waals surface area contributed by atoms with Crippen molar-refractivity contribution in [1.29, 1.82) is 0 Å². The van der Waals surface area contributed by atoms with Gasteiger partial charge in [0.2, 0.25) is 5.88 Å². The predicted molar refractivity (Wildman–Crippen MR) is 124 cm³/mol. The Balaban J connectivity index is 1.37. The summed E-state index contributed by atoms with van der Waals surface area (Å²) in [7, 11) is 0. The van der Waals surface area contributed by atoms with Crippen molar-refractivity contribution in [2.45, 2.75) is 6.92 Å². The zero-order valence-corrected chi connectivity index (χ0v) is 17.7. The molecule has 1 saturated heterocycles. The van der Waals surface area contributed by atoms with E-state index in [0.29, 0.717) is 55.0 Å². The molecule has 0 unspecified atom stereocenters. The van der Waals surface area contributed by atoms with Gasteiger partial charge in [-0.15, -0.1) is 0 Å². The lowest BCUT2D eigenvalue weighted by Gasteiger charge is -2.37. The molecule has 3 heterocycles. The molecule has 0 radical (unpaired) electrons. The van der Waals surface area contributed by atoms with Gasteiger partial charge in [-0.25, -0.2) is 14.4 Å². The summed E-state index contributed by atoms with van der Waals surface area (Å²) >= 11 is 0. The Labute approximate surface area is 185 Å². The molecule has 0 bridgehead atoms. The third kappa shape index (κ3) is 3.75. The summed E-state index contributed by atoms with van der Waals surface area (Å²) in [6, 6.07) is 16.5. The Bertz CT molecular complexity index is 1270. The maximum absolute atomic E-state index is 14.1. The number of benzene rings is 2. The van der Waals surface area contributed by atoms with E-state index in [9.17, 15) is 4.39 Å². The number of nitrogens with two attached hydrogens (primary N) is 1. The molecule has 2 aromatic carbocycles. The molecule has 0 amide bonds. The third-order valence-corrected chi connectivity index (χ3v) is 5.63. The van der Waals surface area contributed by atoms with Crippen molar-refractivity contribution in [2.75, 3.05) is 41.7 Å². The molecule has 0 atom stereocenters. The van der Waals surface area contributed by atoms with E-state index in [0.717, 1.165) is 16.6 Å². The normalized spacial score (nSPS) is 14.1. The first-order valence-corrected chi connectivity index (χ1v) is 10.5. The van der Waals surface area contributed by atoms with Crippen molar-refractivity contribution in [1.82, 2.24) is 15.0 Å². The highest BCUT2D eigenvalue weighted by Gasteiger charge is 2.23. The van der Waals surface area contributed by atoms with E-state index in [2.05, 4.69) is 19.9 Å². The number of nitrogen functional groups attached to an aromatic ring is 1. The number of para-hydroxylation sites is 2. The highest BCUT2D eigenvalue weighted by atomic mass is 19.1. The molecular weight excluding hydrogens is 407 g/mol. The number of halogens is 1. The van der Waals surface area contributed by atoms with Gasteiger partial charge in [0.25, 0.3) is 0 Å². The van der Waals surface area contributed by atoms with Gasteiger partial charge in [0.05, 0.1) is 5.69 Å². The van der Waals surface area contributed by atoms with Gasteiger partial charge in [0.15, 0.2) is 11.6 Å². The van der Waals surface area contributed by atoms with Gasteiger partial charge < -0.3 is 20.3 Å². The molecule has 4 aromatic rings. The van der Waals surface area contributed by atoms with Gasteiger partial charge in [0.1, 0.15) is 23.3 Å². The van der Waals surface area contributed by atoms with Crippen LogP contribution in [0.15, 0.2) is 60.9 Å². The fourth-order valence-electron chi connectivity index (χ4n) is 3.98. The number of ether oxygens (including phenoxy) is 1. The Morgan fingerprint density at radius 2 is 1.69 bits per heavy atom. The molecule has 2 aromatic heterocycles. The summed E-state index contributed by atoms with van der Waals surface area (Å²) < 4.78 is 20.2. The SMILES string of the molecule is Cc1ccc2cccc(Oc3ncnc(N4CCN(c5ccccc5F)CC4)c3N)c2n1. The fourth-order valence-corrected chi connectivity index (χ4v) is 3.98. The first kappa shape index (κ1) is 20.0. The Kier molecular flexibility index (Phi) is 5.18. The smallest absolute Gasteiger partial charge is 0.248 e. The molecule has 162 valence electrons. The minimum Gasteiger partial charge on any atom is -0.435 e. The van der Waals surface area contributed by atoms with Crippen LogP contribution in [0, 0.1) is 12.7 Å². The Morgan fingerprint density at radius 3 is 2.50 bits per heavy atom. The van der Waals surface area contributed by atoms with Crippen LogP contribution in [0.25, 0.3) is 10.9 Å². The molecule has 0 saturated carbocycles. The van der Waals surface area contributed by atoms with Crippen molar-refractivity contribution in [3.63, 3.8) is 0 Å². The van der Waals surface area contributed by atoms with Crippen molar-refractivity contribution < 1.29 is 9.13 Å². The summed E-state index contributed by atoms with van der Waals surface area (Å²) in [6.45, 7) is 4.57. The van der Waals surface area contributed by atoms with Gasteiger partial charge >= 0.3 is 0 Å². The van der Waals surface area contributed by atoms with E-state index < -0.39 is 0 Å². The van der Waals surface area contributed by atoms with Gasteiger partial charge in [-0.1, -0.05) is 30.3 Å². The van der Waals surface area contributed by atoms with E-state index in [1.165, 1.54) is 12.4 Å². The molecule has 1 fully saturated rings. The number of fused-ring (bicyclic) bond motifs is 1. The van der Waals surface area contributed by atoms with Gasteiger partial charge in [-0.05, 0) is 31.2 Å². The highest BCUT2D eigenvalue weighted by Crippen LogP contribution is 2.34. The number of hydrogen-bond donors (Lipinski definition) is 1.